The lowest BCUT2D eigenvalue weighted by Crippen LogP contribution is -2.31. The van der Waals surface area contributed by atoms with E-state index in [1.54, 1.807) is 24.3 Å². The van der Waals surface area contributed by atoms with Gasteiger partial charge in [-0.3, -0.25) is 9.59 Å². The van der Waals surface area contributed by atoms with Gasteiger partial charge in [0.1, 0.15) is 12.0 Å². The molecule has 2 aromatic rings. The summed E-state index contributed by atoms with van der Waals surface area (Å²) < 4.78 is 10.2. The van der Waals surface area contributed by atoms with Gasteiger partial charge in [-0.25, -0.2) is 4.79 Å². The average Bonchev–Trinajstić information content (AvgIpc) is 2.71. The highest BCUT2D eigenvalue weighted by molar-refractivity contribution is 5.81. The third kappa shape index (κ3) is 6.58. The zero-order valence-electron chi connectivity index (χ0n) is 15.4. The number of amides is 1. The Morgan fingerprint density at radius 3 is 2.30 bits per heavy atom. The molecule has 0 aromatic heterocycles. The zero-order valence-corrected chi connectivity index (χ0v) is 15.4. The number of esters is 1. The highest BCUT2D eigenvalue weighted by atomic mass is 16.6. The molecular weight excluding hydrogens is 346 g/mol. The van der Waals surface area contributed by atoms with E-state index in [1.807, 2.05) is 31.2 Å². The predicted octanol–water partition coefficient (Wildman–Crippen LogP) is 2.86. The van der Waals surface area contributed by atoms with E-state index < -0.39 is 5.97 Å². The van der Waals surface area contributed by atoms with E-state index in [0.29, 0.717) is 11.3 Å². The van der Waals surface area contributed by atoms with Crippen molar-refractivity contribution in [2.24, 2.45) is 0 Å². The Kier molecular flexibility index (Phi) is 7.55. The maximum absolute atomic E-state index is 11.9. The van der Waals surface area contributed by atoms with Crippen LogP contribution in [-0.2, 0) is 20.7 Å². The molecule has 0 radical (unpaired) electrons. The summed E-state index contributed by atoms with van der Waals surface area (Å²) in [6.45, 7) is 3.26. The van der Waals surface area contributed by atoms with Gasteiger partial charge in [-0.15, -0.1) is 0 Å². The first-order valence-corrected chi connectivity index (χ1v) is 8.73. The van der Waals surface area contributed by atoms with Gasteiger partial charge in [-0.2, -0.15) is 0 Å². The lowest BCUT2D eigenvalue weighted by Gasteiger charge is -2.15. The van der Waals surface area contributed by atoms with Crippen LogP contribution in [0.2, 0.25) is 0 Å². The standard InChI is InChI=1S/C21H23NO5/c1-3-16-4-8-18(9-5-16)15(2)22-20(24)13-27-21(25)14-26-19-10-6-17(12-23)7-11-19/h4-12,15H,3,13-14H2,1-2H3,(H,22,24)/t15-/m1/s1. The molecule has 1 atom stereocenters. The lowest BCUT2D eigenvalue weighted by molar-refractivity contribution is -0.150. The molecule has 142 valence electrons. The van der Waals surface area contributed by atoms with Gasteiger partial charge >= 0.3 is 5.97 Å². The third-order valence-corrected chi connectivity index (χ3v) is 4.00. The molecule has 1 N–H and O–H groups in total. The van der Waals surface area contributed by atoms with Crippen molar-refractivity contribution in [2.75, 3.05) is 13.2 Å². The van der Waals surface area contributed by atoms with E-state index in [9.17, 15) is 14.4 Å². The Morgan fingerprint density at radius 1 is 1.04 bits per heavy atom. The van der Waals surface area contributed by atoms with Crippen LogP contribution in [0, 0.1) is 0 Å². The molecule has 0 bridgehead atoms. The zero-order chi connectivity index (χ0) is 19.6. The normalized spacial score (nSPS) is 11.3. The van der Waals surface area contributed by atoms with Crippen molar-refractivity contribution in [2.45, 2.75) is 26.3 Å². The van der Waals surface area contributed by atoms with Crippen molar-refractivity contribution in [3.05, 3.63) is 65.2 Å². The number of nitrogens with one attached hydrogen (secondary N) is 1. The monoisotopic (exact) mass is 369 g/mol. The van der Waals surface area contributed by atoms with Crippen LogP contribution in [-0.4, -0.2) is 31.4 Å². The van der Waals surface area contributed by atoms with Crippen LogP contribution in [0.1, 0.15) is 41.4 Å². The van der Waals surface area contributed by atoms with Gasteiger partial charge in [0.25, 0.3) is 5.91 Å². The van der Waals surface area contributed by atoms with Crippen molar-refractivity contribution in [1.29, 1.82) is 0 Å². The van der Waals surface area contributed by atoms with Gasteiger partial charge in [0.15, 0.2) is 13.2 Å². The van der Waals surface area contributed by atoms with E-state index in [1.165, 1.54) is 5.56 Å². The minimum Gasteiger partial charge on any atom is -0.482 e. The molecule has 1 amide bonds. The molecule has 0 aliphatic rings. The van der Waals surface area contributed by atoms with E-state index in [2.05, 4.69) is 12.2 Å². The van der Waals surface area contributed by atoms with E-state index in [0.717, 1.165) is 18.3 Å². The van der Waals surface area contributed by atoms with E-state index in [4.69, 9.17) is 9.47 Å². The molecule has 0 spiro atoms. The predicted molar refractivity (Wildman–Crippen MR) is 101 cm³/mol. The molecule has 6 nitrogen and oxygen atoms in total. The van der Waals surface area contributed by atoms with Crippen molar-refractivity contribution in [3.8, 4) is 5.75 Å². The molecule has 6 heteroatoms. The van der Waals surface area contributed by atoms with Gasteiger partial charge in [-0.05, 0) is 48.7 Å². The Morgan fingerprint density at radius 2 is 1.70 bits per heavy atom. The van der Waals surface area contributed by atoms with Gasteiger partial charge in [-0.1, -0.05) is 31.2 Å². The van der Waals surface area contributed by atoms with Crippen LogP contribution in [0.25, 0.3) is 0 Å². The summed E-state index contributed by atoms with van der Waals surface area (Å²) in [7, 11) is 0. The summed E-state index contributed by atoms with van der Waals surface area (Å²) in [5.74, 6) is -0.596. The molecule has 0 aliphatic carbocycles. The van der Waals surface area contributed by atoms with Gasteiger partial charge in [0, 0.05) is 5.56 Å². The van der Waals surface area contributed by atoms with Crippen molar-refractivity contribution < 1.29 is 23.9 Å². The van der Waals surface area contributed by atoms with Gasteiger partial charge in [0.05, 0.1) is 6.04 Å². The fourth-order valence-electron chi connectivity index (χ4n) is 2.38. The van der Waals surface area contributed by atoms with Crippen LogP contribution in [0.5, 0.6) is 5.75 Å². The quantitative estimate of drug-likeness (QED) is 0.543. The molecule has 0 fully saturated rings. The average molecular weight is 369 g/mol. The van der Waals surface area contributed by atoms with E-state index >= 15 is 0 Å². The SMILES string of the molecule is CCc1ccc([C@@H](C)NC(=O)COC(=O)COc2ccc(C=O)cc2)cc1. The van der Waals surface area contributed by atoms with Crippen LogP contribution in [0.3, 0.4) is 0 Å². The number of rotatable bonds is 9. The Balaban J connectivity index is 1.71. The number of carbonyl (C=O) groups is 3. The highest BCUT2D eigenvalue weighted by Gasteiger charge is 2.12. The molecule has 0 unspecified atom stereocenters. The van der Waals surface area contributed by atoms with Crippen molar-refractivity contribution >= 4 is 18.2 Å². The van der Waals surface area contributed by atoms with Crippen LogP contribution < -0.4 is 10.1 Å². The van der Waals surface area contributed by atoms with Crippen molar-refractivity contribution in [1.82, 2.24) is 5.32 Å². The highest BCUT2D eigenvalue weighted by Crippen LogP contribution is 2.14. The first-order valence-electron chi connectivity index (χ1n) is 8.73. The lowest BCUT2D eigenvalue weighted by atomic mass is 10.1. The van der Waals surface area contributed by atoms with Crippen LogP contribution >= 0.6 is 0 Å². The Bertz CT molecular complexity index is 768. The number of carbonyl (C=O) groups excluding carboxylic acids is 3. The summed E-state index contributed by atoms with van der Waals surface area (Å²) in [6.07, 6.45) is 1.68. The Hall–Kier alpha value is -3.15. The van der Waals surface area contributed by atoms with Crippen LogP contribution in [0.15, 0.2) is 48.5 Å². The summed E-state index contributed by atoms with van der Waals surface area (Å²) in [5.41, 5.74) is 2.72. The molecule has 0 saturated heterocycles. The van der Waals surface area contributed by atoms with Gasteiger partial charge < -0.3 is 14.8 Å². The topological polar surface area (TPSA) is 81.7 Å². The maximum Gasteiger partial charge on any atom is 0.344 e. The summed E-state index contributed by atoms with van der Waals surface area (Å²) in [4.78, 5) is 34.2. The molecule has 2 rings (SSSR count). The fourth-order valence-corrected chi connectivity index (χ4v) is 2.38. The molecule has 27 heavy (non-hydrogen) atoms. The number of ether oxygens (including phenoxy) is 2. The molecular formula is C21H23NO5. The molecule has 0 aliphatic heterocycles. The number of benzene rings is 2. The second kappa shape index (κ2) is 10.1. The minimum absolute atomic E-state index is 0.185. The second-order valence-corrected chi connectivity index (χ2v) is 6.02. The number of aryl methyl sites for hydroxylation is 1. The maximum atomic E-state index is 11.9. The number of hydrogen-bond acceptors (Lipinski definition) is 5. The summed E-state index contributed by atoms with van der Waals surface area (Å²) in [5, 5.41) is 2.79. The minimum atomic E-state index is -0.649. The van der Waals surface area contributed by atoms with Gasteiger partial charge in [0.2, 0.25) is 0 Å². The van der Waals surface area contributed by atoms with Crippen LogP contribution in [0.4, 0.5) is 0 Å². The number of aldehydes is 1. The number of hydrogen-bond donors (Lipinski definition) is 1. The van der Waals surface area contributed by atoms with E-state index in [-0.39, 0.29) is 25.2 Å². The molecule has 0 saturated carbocycles. The third-order valence-electron chi connectivity index (χ3n) is 4.00. The summed E-state index contributed by atoms with van der Waals surface area (Å²) >= 11 is 0. The van der Waals surface area contributed by atoms with Crippen molar-refractivity contribution in [3.63, 3.8) is 0 Å². The Labute approximate surface area is 158 Å². The fraction of sp³-hybridized carbons (Fsp3) is 0.286. The summed E-state index contributed by atoms with van der Waals surface area (Å²) in [6, 6.07) is 14.1. The molecule has 0 heterocycles. The second-order valence-electron chi connectivity index (χ2n) is 6.02. The first-order chi connectivity index (χ1) is 13.0. The largest absolute Gasteiger partial charge is 0.482 e. The first kappa shape index (κ1) is 20.2. The smallest absolute Gasteiger partial charge is 0.344 e. The molecule has 2 aromatic carbocycles.